The van der Waals surface area contributed by atoms with Gasteiger partial charge in [0.1, 0.15) is 5.69 Å². The molecule has 0 bridgehead atoms. The standard InChI is InChI=1S/C18H21ClN2O3/c1-5-24-18(23)15-11(2)16(20-12(15)3)17(22)21(4)10-13-8-6-7-9-14(13)19/h6-9,20H,5,10H2,1-4H3. The molecule has 0 aliphatic carbocycles. The fourth-order valence-electron chi connectivity index (χ4n) is 2.62. The number of aromatic nitrogens is 1. The summed E-state index contributed by atoms with van der Waals surface area (Å²) in [5.74, 6) is -0.623. The third-order valence-electron chi connectivity index (χ3n) is 3.84. The first kappa shape index (κ1) is 18.1. The number of rotatable bonds is 5. The number of esters is 1. The van der Waals surface area contributed by atoms with Crippen molar-refractivity contribution in [1.82, 2.24) is 9.88 Å². The van der Waals surface area contributed by atoms with Gasteiger partial charge in [-0.05, 0) is 38.0 Å². The molecule has 24 heavy (non-hydrogen) atoms. The molecule has 128 valence electrons. The van der Waals surface area contributed by atoms with Crippen LogP contribution in [0.3, 0.4) is 0 Å². The minimum atomic E-state index is -0.420. The lowest BCUT2D eigenvalue weighted by Crippen LogP contribution is -2.27. The highest BCUT2D eigenvalue weighted by molar-refractivity contribution is 6.31. The molecule has 0 atom stereocenters. The molecule has 2 aromatic rings. The monoisotopic (exact) mass is 348 g/mol. The smallest absolute Gasteiger partial charge is 0.340 e. The first-order valence-corrected chi connectivity index (χ1v) is 8.09. The number of benzene rings is 1. The van der Waals surface area contributed by atoms with Gasteiger partial charge in [-0.15, -0.1) is 0 Å². The number of aryl methyl sites for hydroxylation is 1. The molecule has 1 heterocycles. The van der Waals surface area contributed by atoms with Crippen molar-refractivity contribution in [1.29, 1.82) is 0 Å². The van der Waals surface area contributed by atoms with E-state index >= 15 is 0 Å². The second-order valence-electron chi connectivity index (χ2n) is 5.60. The Morgan fingerprint density at radius 3 is 2.54 bits per heavy atom. The van der Waals surface area contributed by atoms with E-state index in [0.717, 1.165) is 5.56 Å². The number of nitrogens with one attached hydrogen (secondary N) is 1. The Labute approximate surface area is 146 Å². The van der Waals surface area contributed by atoms with Crippen LogP contribution in [0.15, 0.2) is 24.3 Å². The van der Waals surface area contributed by atoms with Crippen molar-refractivity contribution >= 4 is 23.5 Å². The Hall–Kier alpha value is -2.27. The molecule has 0 aliphatic heterocycles. The maximum Gasteiger partial charge on any atom is 0.340 e. The van der Waals surface area contributed by atoms with Gasteiger partial charge in [-0.3, -0.25) is 4.79 Å². The lowest BCUT2D eigenvalue weighted by Gasteiger charge is -2.18. The second-order valence-corrected chi connectivity index (χ2v) is 6.01. The van der Waals surface area contributed by atoms with Crippen LogP contribution in [-0.4, -0.2) is 35.4 Å². The topological polar surface area (TPSA) is 62.4 Å². The van der Waals surface area contributed by atoms with E-state index in [9.17, 15) is 9.59 Å². The summed E-state index contributed by atoms with van der Waals surface area (Å²) in [6, 6.07) is 7.39. The predicted octanol–water partition coefficient (Wildman–Crippen LogP) is 3.73. The van der Waals surface area contributed by atoms with Crippen LogP contribution in [-0.2, 0) is 11.3 Å². The summed E-state index contributed by atoms with van der Waals surface area (Å²) in [6.45, 7) is 5.92. The lowest BCUT2D eigenvalue weighted by molar-refractivity contribution is 0.0525. The summed E-state index contributed by atoms with van der Waals surface area (Å²) in [7, 11) is 1.70. The van der Waals surface area contributed by atoms with Crippen molar-refractivity contribution in [2.24, 2.45) is 0 Å². The zero-order chi connectivity index (χ0) is 17.9. The van der Waals surface area contributed by atoms with E-state index < -0.39 is 5.97 Å². The second kappa shape index (κ2) is 7.53. The first-order valence-electron chi connectivity index (χ1n) is 7.72. The Kier molecular flexibility index (Phi) is 5.67. The van der Waals surface area contributed by atoms with Gasteiger partial charge in [0.05, 0.1) is 12.2 Å². The summed E-state index contributed by atoms with van der Waals surface area (Å²) >= 11 is 6.15. The molecule has 1 amide bonds. The first-order chi connectivity index (χ1) is 11.4. The lowest BCUT2D eigenvalue weighted by atomic mass is 10.1. The Morgan fingerprint density at radius 1 is 1.25 bits per heavy atom. The van der Waals surface area contributed by atoms with Crippen LogP contribution in [0.5, 0.6) is 0 Å². The van der Waals surface area contributed by atoms with Crippen molar-refractivity contribution in [2.45, 2.75) is 27.3 Å². The molecule has 0 saturated carbocycles. The van der Waals surface area contributed by atoms with Crippen molar-refractivity contribution in [2.75, 3.05) is 13.7 Å². The summed E-state index contributed by atoms with van der Waals surface area (Å²) in [4.78, 5) is 29.3. The normalized spacial score (nSPS) is 10.5. The van der Waals surface area contributed by atoms with Gasteiger partial charge in [0.25, 0.3) is 5.91 Å². The number of amides is 1. The minimum Gasteiger partial charge on any atom is -0.462 e. The maximum atomic E-state index is 12.7. The van der Waals surface area contributed by atoms with Crippen LogP contribution < -0.4 is 0 Å². The molecule has 0 spiro atoms. The van der Waals surface area contributed by atoms with Crippen LogP contribution in [0.2, 0.25) is 5.02 Å². The summed E-state index contributed by atoms with van der Waals surface area (Å²) < 4.78 is 5.05. The van der Waals surface area contributed by atoms with Crippen LogP contribution in [0.4, 0.5) is 0 Å². The zero-order valence-corrected chi connectivity index (χ0v) is 15.0. The van der Waals surface area contributed by atoms with Crippen LogP contribution in [0.25, 0.3) is 0 Å². The number of carbonyl (C=O) groups excluding carboxylic acids is 2. The van der Waals surface area contributed by atoms with E-state index in [4.69, 9.17) is 16.3 Å². The third-order valence-corrected chi connectivity index (χ3v) is 4.21. The molecule has 1 aromatic heterocycles. The van der Waals surface area contributed by atoms with E-state index in [-0.39, 0.29) is 5.91 Å². The molecule has 2 rings (SSSR count). The van der Waals surface area contributed by atoms with Gasteiger partial charge in [0, 0.05) is 24.3 Å². The molecule has 1 N–H and O–H groups in total. The van der Waals surface area contributed by atoms with E-state index in [1.165, 1.54) is 0 Å². The molecule has 0 saturated heterocycles. The van der Waals surface area contributed by atoms with Crippen molar-refractivity contribution in [3.63, 3.8) is 0 Å². The molecule has 0 unspecified atom stereocenters. The number of halogens is 1. The van der Waals surface area contributed by atoms with Crippen molar-refractivity contribution in [3.05, 3.63) is 57.4 Å². The van der Waals surface area contributed by atoms with Gasteiger partial charge in [0.2, 0.25) is 0 Å². The molecule has 0 radical (unpaired) electrons. The molecular weight excluding hydrogens is 328 g/mol. The highest BCUT2D eigenvalue weighted by Crippen LogP contribution is 2.22. The number of hydrogen-bond acceptors (Lipinski definition) is 3. The molecule has 1 aromatic carbocycles. The van der Waals surface area contributed by atoms with Crippen molar-refractivity contribution < 1.29 is 14.3 Å². The molecule has 0 aliphatic rings. The van der Waals surface area contributed by atoms with Gasteiger partial charge < -0.3 is 14.6 Å². The molecule has 5 nitrogen and oxygen atoms in total. The molecular formula is C18H21ClN2O3. The Balaban J connectivity index is 2.25. The average molecular weight is 349 g/mol. The van der Waals surface area contributed by atoms with E-state index in [2.05, 4.69) is 4.98 Å². The van der Waals surface area contributed by atoms with Gasteiger partial charge in [-0.2, -0.15) is 0 Å². The molecule has 0 fully saturated rings. The average Bonchev–Trinajstić information content (AvgIpc) is 2.83. The predicted molar refractivity (Wildman–Crippen MR) is 93.5 cm³/mol. The van der Waals surface area contributed by atoms with E-state index in [1.807, 2.05) is 18.2 Å². The Bertz CT molecular complexity index is 768. The Morgan fingerprint density at radius 2 is 1.92 bits per heavy atom. The summed E-state index contributed by atoms with van der Waals surface area (Å²) in [5.41, 5.74) is 2.90. The fourth-order valence-corrected chi connectivity index (χ4v) is 2.81. The summed E-state index contributed by atoms with van der Waals surface area (Å²) in [6.07, 6.45) is 0. The van der Waals surface area contributed by atoms with Crippen LogP contribution in [0, 0.1) is 13.8 Å². The number of carbonyl (C=O) groups is 2. The SMILES string of the molecule is CCOC(=O)c1c(C)[nH]c(C(=O)N(C)Cc2ccccc2Cl)c1C. The van der Waals surface area contributed by atoms with E-state index in [1.54, 1.807) is 38.8 Å². The highest BCUT2D eigenvalue weighted by Gasteiger charge is 2.24. The number of nitrogens with zero attached hydrogens (tertiary/aromatic N) is 1. The zero-order valence-electron chi connectivity index (χ0n) is 14.3. The van der Waals surface area contributed by atoms with Gasteiger partial charge in [-0.25, -0.2) is 4.79 Å². The minimum absolute atomic E-state index is 0.203. The molecule has 6 heteroatoms. The van der Waals surface area contributed by atoms with Crippen molar-refractivity contribution in [3.8, 4) is 0 Å². The van der Waals surface area contributed by atoms with E-state index in [0.29, 0.717) is 40.7 Å². The number of aromatic amines is 1. The van der Waals surface area contributed by atoms with Gasteiger partial charge in [-0.1, -0.05) is 29.8 Å². The summed E-state index contributed by atoms with van der Waals surface area (Å²) in [5, 5.41) is 0.615. The van der Waals surface area contributed by atoms with Gasteiger partial charge >= 0.3 is 5.97 Å². The van der Waals surface area contributed by atoms with Crippen LogP contribution >= 0.6 is 11.6 Å². The number of H-pyrrole nitrogens is 1. The fraction of sp³-hybridized carbons (Fsp3) is 0.333. The quantitative estimate of drug-likeness (QED) is 0.837. The number of hydrogen-bond donors (Lipinski definition) is 1. The highest BCUT2D eigenvalue weighted by atomic mass is 35.5. The van der Waals surface area contributed by atoms with Crippen LogP contribution in [0.1, 0.15) is 44.6 Å². The number of ether oxygens (including phenoxy) is 1. The maximum absolute atomic E-state index is 12.7. The largest absolute Gasteiger partial charge is 0.462 e. The van der Waals surface area contributed by atoms with Gasteiger partial charge in [0.15, 0.2) is 0 Å². The third kappa shape index (κ3) is 3.62.